The van der Waals surface area contributed by atoms with Crippen LogP contribution in [0.25, 0.3) is 0 Å². The second kappa shape index (κ2) is 11.4. The Labute approximate surface area is 201 Å². The minimum Gasteiger partial charge on any atom is -0.376 e. The van der Waals surface area contributed by atoms with Crippen LogP contribution in [-0.4, -0.2) is 94.5 Å². The zero-order chi connectivity index (χ0) is 20.9. The van der Waals surface area contributed by atoms with Crippen LogP contribution in [0.4, 0.5) is 0 Å². The second-order valence-corrected chi connectivity index (χ2v) is 8.48. The molecule has 3 heterocycles. The Morgan fingerprint density at radius 3 is 2.58 bits per heavy atom. The van der Waals surface area contributed by atoms with Crippen LogP contribution in [0.1, 0.15) is 37.3 Å². The maximum Gasteiger partial charge on any atom is 0.234 e. The summed E-state index contributed by atoms with van der Waals surface area (Å²) in [5, 5.41) is 14.9. The Morgan fingerprint density at radius 1 is 1.19 bits per heavy atom. The molecule has 10 nitrogen and oxygen atoms in total. The molecule has 4 rings (SSSR count). The van der Waals surface area contributed by atoms with Crippen LogP contribution in [0.3, 0.4) is 0 Å². The highest BCUT2D eigenvalue weighted by atomic mass is 127. The van der Waals surface area contributed by atoms with E-state index in [2.05, 4.69) is 30.6 Å². The van der Waals surface area contributed by atoms with E-state index >= 15 is 0 Å². The Morgan fingerprint density at radius 2 is 1.97 bits per heavy atom. The Bertz CT molecular complexity index is 752. The lowest BCUT2D eigenvalue weighted by Gasteiger charge is -2.36. The lowest BCUT2D eigenvalue weighted by molar-refractivity contribution is -0.122. The summed E-state index contributed by atoms with van der Waals surface area (Å²) in [6.45, 7) is 7.89. The van der Waals surface area contributed by atoms with Gasteiger partial charge in [-0.2, -0.15) is 0 Å². The predicted molar refractivity (Wildman–Crippen MR) is 128 cm³/mol. The van der Waals surface area contributed by atoms with Gasteiger partial charge in [0.15, 0.2) is 11.8 Å². The number of nitrogens with one attached hydrogen (secondary N) is 2. The third kappa shape index (κ3) is 7.01. The molecule has 3 fully saturated rings. The first-order valence-electron chi connectivity index (χ1n) is 11.1. The van der Waals surface area contributed by atoms with Crippen LogP contribution in [0.5, 0.6) is 0 Å². The van der Waals surface area contributed by atoms with Gasteiger partial charge in [-0.3, -0.25) is 9.69 Å². The molecule has 1 atom stereocenters. The van der Waals surface area contributed by atoms with Gasteiger partial charge in [0, 0.05) is 52.4 Å². The molecule has 1 unspecified atom stereocenters. The number of ether oxygens (including phenoxy) is 1. The number of aromatic nitrogens is 3. The minimum absolute atomic E-state index is 0. The fourth-order valence-electron chi connectivity index (χ4n) is 3.83. The number of halogens is 1. The van der Waals surface area contributed by atoms with Crippen molar-refractivity contribution in [2.45, 2.75) is 51.3 Å². The quantitative estimate of drug-likeness (QED) is 0.288. The Hall–Kier alpha value is -1.47. The van der Waals surface area contributed by atoms with Gasteiger partial charge in [0.2, 0.25) is 5.91 Å². The number of piperazine rings is 1. The van der Waals surface area contributed by atoms with Crippen molar-refractivity contribution in [1.29, 1.82) is 0 Å². The van der Waals surface area contributed by atoms with E-state index in [0.717, 1.165) is 82.6 Å². The van der Waals surface area contributed by atoms with Crippen LogP contribution in [0.15, 0.2) is 4.99 Å². The largest absolute Gasteiger partial charge is 0.376 e. The summed E-state index contributed by atoms with van der Waals surface area (Å²) in [6.07, 6.45) is 4.71. The smallest absolute Gasteiger partial charge is 0.234 e. The number of guanidine groups is 1. The van der Waals surface area contributed by atoms with Crippen LogP contribution in [0.2, 0.25) is 0 Å². The Kier molecular flexibility index (Phi) is 8.90. The van der Waals surface area contributed by atoms with E-state index in [1.54, 1.807) is 0 Å². The monoisotopic (exact) mass is 546 g/mol. The number of hydrogen-bond donors (Lipinski definition) is 2. The fourth-order valence-corrected chi connectivity index (χ4v) is 3.83. The highest BCUT2D eigenvalue weighted by molar-refractivity contribution is 14.0. The number of carbonyl (C=O) groups is 1. The topological polar surface area (TPSA) is 99.9 Å². The SMILES string of the molecule is Cc1nnc(CN=C(NCC2CCCO2)N2CCN(CC(=O)NC3CC3)CC2)n1C.I. The van der Waals surface area contributed by atoms with Crippen molar-refractivity contribution >= 4 is 35.8 Å². The number of amides is 1. The molecular weight excluding hydrogens is 511 g/mol. The summed E-state index contributed by atoms with van der Waals surface area (Å²) >= 11 is 0. The summed E-state index contributed by atoms with van der Waals surface area (Å²) in [6, 6.07) is 0.420. The summed E-state index contributed by atoms with van der Waals surface area (Å²) in [5.74, 6) is 2.76. The van der Waals surface area contributed by atoms with Crippen molar-refractivity contribution in [3.05, 3.63) is 11.6 Å². The highest BCUT2D eigenvalue weighted by Gasteiger charge is 2.26. The molecule has 0 radical (unpaired) electrons. The molecule has 1 saturated carbocycles. The van der Waals surface area contributed by atoms with Gasteiger partial charge in [-0.1, -0.05) is 0 Å². The fraction of sp³-hybridized carbons (Fsp3) is 0.800. The molecule has 1 aromatic heterocycles. The summed E-state index contributed by atoms with van der Waals surface area (Å²) < 4.78 is 7.73. The van der Waals surface area contributed by atoms with E-state index in [9.17, 15) is 4.79 Å². The summed E-state index contributed by atoms with van der Waals surface area (Å²) in [5.41, 5.74) is 0. The van der Waals surface area contributed by atoms with Crippen LogP contribution >= 0.6 is 24.0 Å². The lowest BCUT2D eigenvalue weighted by atomic mass is 10.2. The van der Waals surface area contributed by atoms with Crippen LogP contribution < -0.4 is 10.6 Å². The number of rotatable bonds is 7. The standard InChI is InChI=1S/C20H34N8O2.HI/c1-15-24-25-18(26(15)2)13-22-20(21-12-17-4-3-11-30-17)28-9-7-27(8-10-28)14-19(29)23-16-5-6-16;/h16-17H,3-14H2,1-2H3,(H,21,22)(H,23,29);1H. The molecule has 1 amide bonds. The van der Waals surface area contributed by atoms with Crippen molar-refractivity contribution in [3.63, 3.8) is 0 Å². The van der Waals surface area contributed by atoms with E-state index in [0.29, 0.717) is 19.1 Å². The molecule has 2 N–H and O–H groups in total. The predicted octanol–water partition coefficient (Wildman–Crippen LogP) is 0.262. The van der Waals surface area contributed by atoms with Crippen molar-refractivity contribution < 1.29 is 9.53 Å². The first-order chi connectivity index (χ1) is 14.6. The molecule has 1 aliphatic carbocycles. The van der Waals surface area contributed by atoms with Gasteiger partial charge < -0.3 is 24.8 Å². The normalized spacial score (nSPS) is 22.3. The van der Waals surface area contributed by atoms with Crippen LogP contribution in [-0.2, 0) is 23.1 Å². The number of nitrogens with zero attached hydrogens (tertiary/aromatic N) is 6. The summed E-state index contributed by atoms with van der Waals surface area (Å²) in [7, 11) is 1.96. The maximum atomic E-state index is 12.1. The van der Waals surface area contributed by atoms with E-state index in [-0.39, 0.29) is 36.0 Å². The van der Waals surface area contributed by atoms with Crippen molar-refractivity contribution in [3.8, 4) is 0 Å². The molecular formula is C20H35IN8O2. The molecule has 2 aliphatic heterocycles. The first kappa shape index (κ1) is 24.2. The zero-order valence-electron chi connectivity index (χ0n) is 18.5. The van der Waals surface area contributed by atoms with Gasteiger partial charge in [0.05, 0.1) is 12.6 Å². The maximum absolute atomic E-state index is 12.1. The molecule has 0 aromatic carbocycles. The van der Waals surface area contributed by atoms with Gasteiger partial charge in [-0.15, -0.1) is 34.2 Å². The van der Waals surface area contributed by atoms with Crippen molar-refractivity contribution in [2.24, 2.45) is 12.0 Å². The van der Waals surface area contributed by atoms with E-state index in [4.69, 9.17) is 9.73 Å². The van der Waals surface area contributed by atoms with Crippen molar-refractivity contribution in [2.75, 3.05) is 45.9 Å². The van der Waals surface area contributed by atoms with Gasteiger partial charge in [0.1, 0.15) is 12.4 Å². The molecule has 2 saturated heterocycles. The average Bonchev–Trinajstić information content (AvgIpc) is 3.28. The lowest BCUT2D eigenvalue weighted by Crippen LogP contribution is -2.54. The number of aryl methyl sites for hydroxylation is 1. The zero-order valence-corrected chi connectivity index (χ0v) is 20.9. The summed E-state index contributed by atoms with van der Waals surface area (Å²) in [4.78, 5) is 21.4. The molecule has 174 valence electrons. The molecule has 0 spiro atoms. The molecule has 31 heavy (non-hydrogen) atoms. The Balaban J connectivity index is 0.00000272. The first-order valence-corrected chi connectivity index (χ1v) is 11.1. The second-order valence-electron chi connectivity index (χ2n) is 8.48. The van der Waals surface area contributed by atoms with Crippen molar-refractivity contribution in [1.82, 2.24) is 35.2 Å². The number of carbonyl (C=O) groups excluding carboxylic acids is 1. The van der Waals surface area contributed by atoms with E-state index in [1.807, 2.05) is 18.5 Å². The van der Waals surface area contributed by atoms with Crippen LogP contribution in [0, 0.1) is 6.92 Å². The third-order valence-electron chi connectivity index (χ3n) is 6.05. The van der Waals surface area contributed by atoms with E-state index in [1.165, 1.54) is 0 Å². The van der Waals surface area contributed by atoms with Gasteiger partial charge in [-0.05, 0) is 32.6 Å². The van der Waals surface area contributed by atoms with Gasteiger partial charge in [0.25, 0.3) is 0 Å². The molecule has 11 heteroatoms. The number of hydrogen-bond acceptors (Lipinski definition) is 6. The average molecular weight is 546 g/mol. The minimum atomic E-state index is 0. The molecule has 1 aromatic rings. The third-order valence-corrected chi connectivity index (χ3v) is 6.05. The molecule has 3 aliphatic rings. The highest BCUT2D eigenvalue weighted by Crippen LogP contribution is 2.18. The van der Waals surface area contributed by atoms with Gasteiger partial charge in [-0.25, -0.2) is 4.99 Å². The van der Waals surface area contributed by atoms with E-state index < -0.39 is 0 Å². The number of aliphatic imine (C=N–C) groups is 1. The van der Waals surface area contributed by atoms with Gasteiger partial charge >= 0.3 is 0 Å². The molecule has 0 bridgehead atoms.